The number of nitrogens with two attached hydrogens (primary N) is 1. The van der Waals surface area contributed by atoms with Crippen molar-refractivity contribution < 1.29 is 14.3 Å². The lowest BCUT2D eigenvalue weighted by molar-refractivity contribution is 0.0695. The molecule has 1 aromatic rings. The van der Waals surface area contributed by atoms with Gasteiger partial charge in [0.25, 0.3) is 0 Å². The first-order chi connectivity index (χ1) is 7.00. The Hall–Kier alpha value is -1.36. The molecule has 1 rings (SSSR count). The minimum absolute atomic E-state index is 0.277. The quantitative estimate of drug-likeness (QED) is 0.857. The molecule has 0 aliphatic carbocycles. The normalized spacial score (nSPS) is 11.9. The summed E-state index contributed by atoms with van der Waals surface area (Å²) in [6.07, 6.45) is -1.81. The lowest BCUT2D eigenvalue weighted by atomic mass is 10.1. The summed E-state index contributed by atoms with van der Waals surface area (Å²) in [7, 11) is 0. The van der Waals surface area contributed by atoms with E-state index in [9.17, 15) is 9.59 Å². The summed E-state index contributed by atoms with van der Waals surface area (Å²) < 4.78 is 5.45. The third-order valence-corrected chi connectivity index (χ3v) is 2.32. The summed E-state index contributed by atoms with van der Waals surface area (Å²) in [5.41, 5.74) is 5.29. The van der Waals surface area contributed by atoms with Crippen molar-refractivity contribution in [1.29, 1.82) is 0 Å². The summed E-state index contributed by atoms with van der Waals surface area (Å²) in [5, 5.41) is 0. The Morgan fingerprint density at radius 1 is 1.33 bits per heavy atom. The van der Waals surface area contributed by atoms with Crippen molar-refractivity contribution in [2.45, 2.75) is 13.0 Å². The minimum atomic E-state index is -0.951. The van der Waals surface area contributed by atoms with E-state index < -0.39 is 12.2 Å². The molecule has 0 bridgehead atoms. The molecule has 0 spiro atoms. The van der Waals surface area contributed by atoms with Gasteiger partial charge in [-0.1, -0.05) is 28.1 Å². The van der Waals surface area contributed by atoms with Crippen LogP contribution in [0, 0.1) is 0 Å². The Labute approximate surface area is 95.5 Å². The van der Waals surface area contributed by atoms with E-state index in [1.807, 2.05) is 0 Å². The van der Waals surface area contributed by atoms with E-state index >= 15 is 0 Å². The number of Topliss-reactive ketones (excluding diaryl/α,β-unsaturated/α-hetero) is 1. The maximum Gasteiger partial charge on any atom is 0.405 e. The van der Waals surface area contributed by atoms with E-state index in [2.05, 4.69) is 20.7 Å². The molecule has 1 amide bonds. The maximum absolute atomic E-state index is 11.6. The van der Waals surface area contributed by atoms with E-state index in [0.717, 1.165) is 4.47 Å². The van der Waals surface area contributed by atoms with Crippen molar-refractivity contribution in [3.8, 4) is 0 Å². The predicted octanol–water partition coefficient (Wildman–Crippen LogP) is 2.12. The fourth-order valence-electron chi connectivity index (χ4n) is 1.08. The molecule has 0 saturated carbocycles. The Bertz CT molecular complexity index is 375. The molecule has 0 heterocycles. The zero-order valence-electron chi connectivity index (χ0n) is 8.07. The van der Waals surface area contributed by atoms with Gasteiger partial charge in [0.15, 0.2) is 6.10 Å². The first kappa shape index (κ1) is 11.7. The van der Waals surface area contributed by atoms with Crippen LogP contribution in [0.3, 0.4) is 0 Å². The van der Waals surface area contributed by atoms with Crippen LogP contribution in [-0.2, 0) is 4.74 Å². The Balaban J connectivity index is 2.76. The van der Waals surface area contributed by atoms with E-state index in [1.165, 1.54) is 6.92 Å². The van der Waals surface area contributed by atoms with Crippen molar-refractivity contribution in [3.63, 3.8) is 0 Å². The summed E-state index contributed by atoms with van der Waals surface area (Å²) in [5.74, 6) is -0.277. The van der Waals surface area contributed by atoms with Gasteiger partial charge in [0.2, 0.25) is 5.78 Å². The van der Waals surface area contributed by atoms with Gasteiger partial charge in [-0.05, 0) is 19.1 Å². The molecule has 0 saturated heterocycles. The van der Waals surface area contributed by atoms with Gasteiger partial charge in [0.1, 0.15) is 0 Å². The summed E-state index contributed by atoms with van der Waals surface area (Å²) in [4.78, 5) is 22.1. The van der Waals surface area contributed by atoms with Crippen molar-refractivity contribution in [1.82, 2.24) is 0 Å². The number of hydrogen-bond acceptors (Lipinski definition) is 3. The number of primary amides is 1. The molecule has 80 valence electrons. The van der Waals surface area contributed by atoms with Crippen LogP contribution in [0.5, 0.6) is 0 Å². The molecule has 2 N–H and O–H groups in total. The maximum atomic E-state index is 11.6. The van der Waals surface area contributed by atoms with Gasteiger partial charge in [-0.25, -0.2) is 4.79 Å². The molecule has 0 unspecified atom stereocenters. The molecular weight excluding hydrogens is 262 g/mol. The highest BCUT2D eigenvalue weighted by atomic mass is 79.9. The summed E-state index contributed by atoms with van der Waals surface area (Å²) >= 11 is 3.26. The van der Waals surface area contributed by atoms with Crippen LogP contribution in [0.4, 0.5) is 4.79 Å². The molecule has 5 heteroatoms. The molecule has 0 aliphatic rings. The van der Waals surface area contributed by atoms with Crippen LogP contribution >= 0.6 is 15.9 Å². The number of hydrogen-bond donors (Lipinski definition) is 1. The molecule has 15 heavy (non-hydrogen) atoms. The van der Waals surface area contributed by atoms with E-state index in [4.69, 9.17) is 5.73 Å². The van der Waals surface area contributed by atoms with Crippen LogP contribution in [0.2, 0.25) is 0 Å². The molecular formula is C10H10BrNO3. The first-order valence-corrected chi connectivity index (χ1v) is 5.06. The minimum Gasteiger partial charge on any atom is -0.438 e. The summed E-state index contributed by atoms with van der Waals surface area (Å²) in [6, 6.07) is 6.77. The second-order valence-corrected chi connectivity index (χ2v) is 3.87. The van der Waals surface area contributed by atoms with Crippen LogP contribution in [-0.4, -0.2) is 18.0 Å². The highest BCUT2D eigenvalue weighted by Crippen LogP contribution is 2.12. The molecule has 0 fully saturated rings. The fourth-order valence-corrected chi connectivity index (χ4v) is 1.34. The monoisotopic (exact) mass is 271 g/mol. The van der Waals surface area contributed by atoms with Crippen LogP contribution < -0.4 is 5.73 Å². The number of ketones is 1. The number of rotatable bonds is 3. The number of carbonyl (C=O) groups is 2. The van der Waals surface area contributed by atoms with Gasteiger partial charge in [-0.15, -0.1) is 0 Å². The zero-order valence-corrected chi connectivity index (χ0v) is 9.65. The highest BCUT2D eigenvalue weighted by molar-refractivity contribution is 9.10. The van der Waals surface area contributed by atoms with Crippen molar-refractivity contribution >= 4 is 27.8 Å². The van der Waals surface area contributed by atoms with Gasteiger partial charge in [0.05, 0.1) is 0 Å². The first-order valence-electron chi connectivity index (χ1n) is 4.26. The molecule has 0 aliphatic heterocycles. The van der Waals surface area contributed by atoms with E-state index in [0.29, 0.717) is 5.56 Å². The van der Waals surface area contributed by atoms with Crippen molar-refractivity contribution in [2.24, 2.45) is 5.73 Å². The number of ether oxygens (including phenoxy) is 1. The topological polar surface area (TPSA) is 69.4 Å². The third kappa shape index (κ3) is 3.36. The molecule has 0 aromatic heterocycles. The SMILES string of the molecule is C[C@H](OC(N)=O)C(=O)c1ccc(Br)cc1. The van der Waals surface area contributed by atoms with Crippen molar-refractivity contribution in [2.75, 3.05) is 0 Å². The lowest BCUT2D eigenvalue weighted by Crippen LogP contribution is -2.27. The Morgan fingerprint density at radius 2 is 1.87 bits per heavy atom. The predicted molar refractivity (Wildman–Crippen MR) is 58.6 cm³/mol. The van der Waals surface area contributed by atoms with Gasteiger partial charge >= 0.3 is 6.09 Å². The Kier molecular flexibility index (Phi) is 3.85. The van der Waals surface area contributed by atoms with Crippen LogP contribution in [0.1, 0.15) is 17.3 Å². The summed E-state index contributed by atoms with van der Waals surface area (Å²) in [6.45, 7) is 1.48. The van der Waals surface area contributed by atoms with Gasteiger partial charge in [-0.2, -0.15) is 0 Å². The van der Waals surface area contributed by atoms with E-state index in [1.54, 1.807) is 24.3 Å². The number of amides is 1. The van der Waals surface area contributed by atoms with Crippen molar-refractivity contribution in [3.05, 3.63) is 34.3 Å². The second-order valence-electron chi connectivity index (χ2n) is 2.95. The van der Waals surface area contributed by atoms with Gasteiger partial charge in [0, 0.05) is 10.0 Å². The zero-order chi connectivity index (χ0) is 11.4. The molecule has 0 radical (unpaired) electrons. The average molecular weight is 272 g/mol. The third-order valence-electron chi connectivity index (χ3n) is 1.79. The largest absolute Gasteiger partial charge is 0.438 e. The van der Waals surface area contributed by atoms with Gasteiger partial charge < -0.3 is 10.5 Å². The van der Waals surface area contributed by atoms with E-state index in [-0.39, 0.29) is 5.78 Å². The molecule has 4 nitrogen and oxygen atoms in total. The molecule has 1 atom stereocenters. The van der Waals surface area contributed by atoms with Gasteiger partial charge in [-0.3, -0.25) is 4.79 Å². The number of carbonyl (C=O) groups excluding carboxylic acids is 2. The van der Waals surface area contributed by atoms with Crippen LogP contribution in [0.15, 0.2) is 28.7 Å². The smallest absolute Gasteiger partial charge is 0.405 e. The Morgan fingerprint density at radius 3 is 2.33 bits per heavy atom. The average Bonchev–Trinajstić information content (AvgIpc) is 2.17. The highest BCUT2D eigenvalue weighted by Gasteiger charge is 2.17. The number of halogens is 1. The second kappa shape index (κ2) is 4.93. The standard InChI is InChI=1S/C10H10BrNO3/c1-6(15-10(12)14)9(13)7-2-4-8(11)5-3-7/h2-6H,1H3,(H2,12,14)/t6-/m0/s1. The fraction of sp³-hybridized carbons (Fsp3) is 0.200. The lowest BCUT2D eigenvalue weighted by Gasteiger charge is -2.09. The molecule has 1 aromatic carbocycles. The van der Waals surface area contributed by atoms with Crippen LogP contribution in [0.25, 0.3) is 0 Å². The number of benzene rings is 1.